The third-order valence-electron chi connectivity index (χ3n) is 9.61. The van der Waals surface area contributed by atoms with E-state index in [0.29, 0.717) is 11.8 Å². The Morgan fingerprint density at radius 1 is 1.00 bits per heavy atom. The highest BCUT2D eigenvalue weighted by Gasteiger charge is 2.23. The fourth-order valence-corrected chi connectivity index (χ4v) is 6.75. The summed E-state index contributed by atoms with van der Waals surface area (Å²) in [5.41, 5.74) is 5.28. The zero-order valence-electron chi connectivity index (χ0n) is 26.0. The molecule has 1 unspecified atom stereocenters. The van der Waals surface area contributed by atoms with E-state index in [0.717, 1.165) is 67.9 Å². The first kappa shape index (κ1) is 30.0. The lowest BCUT2D eigenvalue weighted by Crippen LogP contribution is -2.30. The van der Waals surface area contributed by atoms with E-state index in [2.05, 4.69) is 67.5 Å². The average Bonchev–Trinajstić information content (AvgIpc) is 3.49. The van der Waals surface area contributed by atoms with Crippen LogP contribution in [0.3, 0.4) is 0 Å². The maximum absolute atomic E-state index is 6.46. The SMILES string of the molecule is CCc1ccc(C2=C\CC(C)c3cc(OCC4CCNCC4)c(OC)cc3/C(CCCCC3CCN(C)CC3)=C\2)o1. The maximum Gasteiger partial charge on any atom is 0.161 e. The number of unbranched alkanes of at least 4 members (excludes halogenated alkanes) is 1. The third-order valence-corrected chi connectivity index (χ3v) is 9.61. The van der Waals surface area contributed by atoms with Crippen molar-refractivity contribution in [3.05, 3.63) is 59.1 Å². The minimum atomic E-state index is 0.371. The van der Waals surface area contributed by atoms with Gasteiger partial charge in [-0.1, -0.05) is 32.8 Å². The quantitative estimate of drug-likeness (QED) is 0.281. The normalized spacial score (nSPS) is 23.6. The van der Waals surface area contributed by atoms with E-state index in [1.165, 1.54) is 80.3 Å². The molecule has 0 saturated carbocycles. The average molecular weight is 561 g/mol. The Bertz CT molecular complexity index is 1180. The van der Waals surface area contributed by atoms with Gasteiger partial charge in [0.2, 0.25) is 0 Å². The van der Waals surface area contributed by atoms with E-state index in [1.54, 1.807) is 7.11 Å². The van der Waals surface area contributed by atoms with Gasteiger partial charge in [-0.05, 0) is 143 Å². The third kappa shape index (κ3) is 7.87. The van der Waals surface area contributed by atoms with Gasteiger partial charge in [0.1, 0.15) is 11.5 Å². The number of piperidine rings is 2. The zero-order chi connectivity index (χ0) is 28.6. The summed E-state index contributed by atoms with van der Waals surface area (Å²) >= 11 is 0. The molecular weight excluding hydrogens is 508 g/mol. The van der Waals surface area contributed by atoms with Gasteiger partial charge in [0.15, 0.2) is 11.5 Å². The van der Waals surface area contributed by atoms with Gasteiger partial charge in [-0.3, -0.25) is 0 Å². The van der Waals surface area contributed by atoms with Crippen molar-refractivity contribution in [2.75, 3.05) is 46.9 Å². The second-order valence-electron chi connectivity index (χ2n) is 12.7. The summed E-state index contributed by atoms with van der Waals surface area (Å²) in [6.07, 6.45) is 16.6. The lowest BCUT2D eigenvalue weighted by Gasteiger charge is -2.29. The number of methoxy groups -OCH3 is 1. The summed E-state index contributed by atoms with van der Waals surface area (Å²) in [6, 6.07) is 8.81. The lowest BCUT2D eigenvalue weighted by molar-refractivity contribution is 0.208. The van der Waals surface area contributed by atoms with Crippen molar-refractivity contribution in [3.8, 4) is 11.5 Å². The Hall–Kier alpha value is -2.50. The molecule has 41 heavy (non-hydrogen) atoms. The van der Waals surface area contributed by atoms with Gasteiger partial charge < -0.3 is 24.1 Å². The minimum Gasteiger partial charge on any atom is -0.493 e. The van der Waals surface area contributed by atoms with Gasteiger partial charge in [0.05, 0.1) is 13.7 Å². The second kappa shape index (κ2) is 14.6. The maximum atomic E-state index is 6.46. The molecule has 1 aromatic heterocycles. The van der Waals surface area contributed by atoms with Gasteiger partial charge in [-0.15, -0.1) is 0 Å². The van der Waals surface area contributed by atoms with E-state index in [1.807, 2.05) is 0 Å². The molecule has 0 amide bonds. The van der Waals surface area contributed by atoms with Crippen molar-refractivity contribution in [3.63, 3.8) is 0 Å². The number of likely N-dealkylation sites (tertiary alicyclic amines) is 1. The molecule has 1 aromatic carbocycles. The van der Waals surface area contributed by atoms with Crippen LogP contribution in [-0.4, -0.2) is 51.8 Å². The van der Waals surface area contributed by atoms with Gasteiger partial charge in [0.25, 0.3) is 0 Å². The Balaban J connectivity index is 1.39. The number of hydrogen-bond acceptors (Lipinski definition) is 5. The van der Waals surface area contributed by atoms with Gasteiger partial charge in [-0.25, -0.2) is 0 Å². The smallest absolute Gasteiger partial charge is 0.161 e. The van der Waals surface area contributed by atoms with Crippen molar-refractivity contribution >= 4 is 11.1 Å². The number of ether oxygens (including phenoxy) is 2. The number of benzene rings is 1. The molecule has 3 aliphatic rings. The van der Waals surface area contributed by atoms with Crippen LogP contribution in [0.4, 0.5) is 0 Å². The Morgan fingerprint density at radius 2 is 1.80 bits per heavy atom. The number of fused-ring (bicyclic) bond motifs is 1. The zero-order valence-corrected chi connectivity index (χ0v) is 26.0. The highest BCUT2D eigenvalue weighted by atomic mass is 16.5. The molecule has 5 heteroatoms. The van der Waals surface area contributed by atoms with Crippen LogP contribution in [0.2, 0.25) is 0 Å². The summed E-state index contributed by atoms with van der Waals surface area (Å²) in [7, 11) is 4.03. The number of nitrogens with zero attached hydrogens (tertiary/aromatic N) is 1. The van der Waals surface area contributed by atoms with Crippen LogP contribution in [0.5, 0.6) is 11.5 Å². The van der Waals surface area contributed by atoms with Crippen LogP contribution in [-0.2, 0) is 6.42 Å². The molecule has 1 aliphatic carbocycles. The van der Waals surface area contributed by atoms with E-state index < -0.39 is 0 Å². The van der Waals surface area contributed by atoms with Crippen molar-refractivity contribution in [1.82, 2.24) is 10.2 Å². The van der Waals surface area contributed by atoms with Crippen LogP contribution < -0.4 is 14.8 Å². The fraction of sp³-hybridized carbons (Fsp3) is 0.611. The molecule has 1 N–H and O–H groups in total. The second-order valence-corrected chi connectivity index (χ2v) is 12.7. The summed E-state index contributed by atoms with van der Waals surface area (Å²) in [4.78, 5) is 2.47. The van der Waals surface area contributed by atoms with Crippen LogP contribution in [0.15, 0.2) is 40.8 Å². The largest absolute Gasteiger partial charge is 0.493 e. The molecule has 2 aromatic rings. The monoisotopic (exact) mass is 560 g/mol. The highest BCUT2D eigenvalue weighted by molar-refractivity contribution is 5.85. The molecule has 2 saturated heterocycles. The van der Waals surface area contributed by atoms with Gasteiger partial charge in [0, 0.05) is 12.0 Å². The molecule has 1 atom stereocenters. The topological polar surface area (TPSA) is 46.9 Å². The molecule has 5 nitrogen and oxygen atoms in total. The Kier molecular flexibility index (Phi) is 10.7. The Labute approximate surface area is 248 Å². The first-order valence-corrected chi connectivity index (χ1v) is 16.3. The van der Waals surface area contributed by atoms with Crippen LogP contribution in [0.25, 0.3) is 11.1 Å². The fourth-order valence-electron chi connectivity index (χ4n) is 6.75. The first-order chi connectivity index (χ1) is 20.0. The number of nitrogens with one attached hydrogen (secondary N) is 1. The molecule has 0 spiro atoms. The molecular formula is C36H52N2O3. The predicted octanol–water partition coefficient (Wildman–Crippen LogP) is 8.11. The minimum absolute atomic E-state index is 0.371. The van der Waals surface area contributed by atoms with Crippen LogP contribution in [0, 0.1) is 11.8 Å². The molecule has 0 bridgehead atoms. The number of allylic oxidation sites excluding steroid dienone is 4. The van der Waals surface area contributed by atoms with Crippen LogP contribution >= 0.6 is 0 Å². The molecule has 0 radical (unpaired) electrons. The van der Waals surface area contributed by atoms with Crippen molar-refractivity contribution in [2.45, 2.75) is 84.0 Å². The molecule has 5 rings (SSSR count). The van der Waals surface area contributed by atoms with Gasteiger partial charge >= 0.3 is 0 Å². The number of furan rings is 1. The summed E-state index contributed by atoms with van der Waals surface area (Å²) in [5, 5.41) is 3.46. The summed E-state index contributed by atoms with van der Waals surface area (Å²) < 4.78 is 18.7. The number of hydrogen-bond donors (Lipinski definition) is 1. The van der Waals surface area contributed by atoms with E-state index in [-0.39, 0.29) is 0 Å². The number of aryl methyl sites for hydroxylation is 1. The van der Waals surface area contributed by atoms with E-state index >= 15 is 0 Å². The van der Waals surface area contributed by atoms with Crippen molar-refractivity contribution in [2.24, 2.45) is 11.8 Å². The predicted molar refractivity (Wildman–Crippen MR) is 170 cm³/mol. The molecule has 3 heterocycles. The lowest BCUT2D eigenvalue weighted by atomic mass is 9.83. The molecule has 2 aliphatic heterocycles. The van der Waals surface area contributed by atoms with Crippen LogP contribution in [0.1, 0.15) is 100 Å². The summed E-state index contributed by atoms with van der Waals surface area (Å²) in [6.45, 7) is 9.92. The van der Waals surface area contributed by atoms with Crippen molar-refractivity contribution in [1.29, 1.82) is 0 Å². The summed E-state index contributed by atoms with van der Waals surface area (Å²) in [5.74, 6) is 5.62. The van der Waals surface area contributed by atoms with E-state index in [4.69, 9.17) is 13.9 Å². The molecule has 2 fully saturated rings. The van der Waals surface area contributed by atoms with Crippen molar-refractivity contribution < 1.29 is 13.9 Å². The highest BCUT2D eigenvalue weighted by Crippen LogP contribution is 2.42. The number of rotatable bonds is 11. The molecule has 224 valence electrons. The Morgan fingerprint density at radius 3 is 2.54 bits per heavy atom. The van der Waals surface area contributed by atoms with Gasteiger partial charge in [-0.2, -0.15) is 0 Å². The first-order valence-electron chi connectivity index (χ1n) is 16.3. The van der Waals surface area contributed by atoms with E-state index in [9.17, 15) is 0 Å². The standard InChI is InChI=1S/C36H52N2O3/c1-5-31-12-13-34(41-31)30-11-10-26(2)32-23-36(40-25-28-14-18-37-19-15-28)35(39-4)24-33(32)29(22-30)9-7-6-8-27-16-20-38(3)21-17-27/h11-13,22-24,26-28,37H,5-10,14-21,25H2,1-4H3/b29-22-,30-11-.